The van der Waals surface area contributed by atoms with Crippen LogP contribution in [-0.4, -0.2) is 49.0 Å². The van der Waals surface area contributed by atoms with Crippen molar-refractivity contribution in [2.75, 3.05) is 20.8 Å². The number of urea groups is 1. The van der Waals surface area contributed by atoms with Crippen LogP contribution in [0.15, 0.2) is 48.5 Å². The molecule has 0 unspecified atom stereocenters. The van der Waals surface area contributed by atoms with Crippen LogP contribution in [0.5, 0.6) is 11.5 Å². The standard InChI is InChI=1S/C27H33N3O5/c1-18-6-4-5-15-27(18)25(32)30(26(33)29-27)17-24(31)28-23(20-9-13-22(35-3)14-10-20)16-19-7-11-21(34-2)12-8-19/h7-14,18,23H,4-6,15-17H2,1-3H3,(H,28,31)(H,29,33)/t18-,23-,27-/m0/s1. The van der Waals surface area contributed by atoms with Gasteiger partial charge in [0.05, 0.1) is 20.3 Å². The fraction of sp³-hybridized carbons (Fsp3) is 0.444. The largest absolute Gasteiger partial charge is 0.497 e. The van der Waals surface area contributed by atoms with Gasteiger partial charge in [0.2, 0.25) is 5.91 Å². The Morgan fingerprint density at radius 1 is 1.06 bits per heavy atom. The third kappa shape index (κ3) is 5.11. The van der Waals surface area contributed by atoms with Gasteiger partial charge in [0.25, 0.3) is 5.91 Å². The summed E-state index contributed by atoms with van der Waals surface area (Å²) in [6, 6.07) is 14.3. The van der Waals surface area contributed by atoms with Crippen LogP contribution in [0.2, 0.25) is 0 Å². The van der Waals surface area contributed by atoms with Crippen molar-refractivity contribution in [3.63, 3.8) is 0 Å². The van der Waals surface area contributed by atoms with Gasteiger partial charge in [-0.15, -0.1) is 0 Å². The topological polar surface area (TPSA) is 97.0 Å². The Hall–Kier alpha value is -3.55. The quantitative estimate of drug-likeness (QED) is 0.564. The molecule has 1 saturated carbocycles. The maximum atomic E-state index is 13.3. The number of rotatable bonds is 8. The third-order valence-corrected chi connectivity index (χ3v) is 7.26. The van der Waals surface area contributed by atoms with E-state index in [1.807, 2.05) is 55.5 Å². The van der Waals surface area contributed by atoms with Crippen LogP contribution in [-0.2, 0) is 16.0 Å². The highest BCUT2D eigenvalue weighted by Crippen LogP contribution is 2.38. The van der Waals surface area contributed by atoms with Crippen molar-refractivity contribution in [1.29, 1.82) is 0 Å². The number of methoxy groups -OCH3 is 2. The number of ether oxygens (including phenoxy) is 2. The lowest BCUT2D eigenvalue weighted by molar-refractivity contribution is -0.137. The van der Waals surface area contributed by atoms with Crippen molar-refractivity contribution in [1.82, 2.24) is 15.5 Å². The number of imide groups is 1. The Morgan fingerprint density at radius 2 is 1.69 bits per heavy atom. The van der Waals surface area contributed by atoms with Gasteiger partial charge in [-0.05, 0) is 60.6 Å². The maximum absolute atomic E-state index is 13.3. The second-order valence-corrected chi connectivity index (χ2v) is 9.39. The molecular weight excluding hydrogens is 446 g/mol. The van der Waals surface area contributed by atoms with E-state index in [4.69, 9.17) is 9.47 Å². The van der Waals surface area contributed by atoms with E-state index in [-0.39, 0.29) is 30.3 Å². The first-order valence-corrected chi connectivity index (χ1v) is 12.1. The van der Waals surface area contributed by atoms with Crippen LogP contribution in [0.4, 0.5) is 4.79 Å². The van der Waals surface area contributed by atoms with E-state index in [1.165, 1.54) is 0 Å². The fourth-order valence-electron chi connectivity index (χ4n) is 5.11. The predicted molar refractivity (Wildman–Crippen MR) is 131 cm³/mol. The molecule has 4 rings (SSSR count). The van der Waals surface area contributed by atoms with E-state index < -0.39 is 11.6 Å². The van der Waals surface area contributed by atoms with Gasteiger partial charge in [-0.3, -0.25) is 14.5 Å². The lowest BCUT2D eigenvalue weighted by Crippen LogP contribution is -2.54. The average Bonchev–Trinajstić information content (AvgIpc) is 3.10. The van der Waals surface area contributed by atoms with Crippen molar-refractivity contribution in [2.45, 2.75) is 50.6 Å². The lowest BCUT2D eigenvalue weighted by atomic mass is 9.73. The summed E-state index contributed by atoms with van der Waals surface area (Å²) in [5.74, 6) is 0.838. The summed E-state index contributed by atoms with van der Waals surface area (Å²) in [6.07, 6.45) is 3.96. The second-order valence-electron chi connectivity index (χ2n) is 9.39. The summed E-state index contributed by atoms with van der Waals surface area (Å²) in [6.45, 7) is 1.68. The highest BCUT2D eigenvalue weighted by molar-refractivity contribution is 6.09. The lowest BCUT2D eigenvalue weighted by Gasteiger charge is -2.36. The van der Waals surface area contributed by atoms with Gasteiger partial charge < -0.3 is 20.1 Å². The summed E-state index contributed by atoms with van der Waals surface area (Å²) in [5, 5.41) is 5.94. The smallest absolute Gasteiger partial charge is 0.325 e. The van der Waals surface area contributed by atoms with Gasteiger partial charge in [0, 0.05) is 0 Å². The monoisotopic (exact) mass is 479 g/mol. The number of amides is 4. The van der Waals surface area contributed by atoms with Crippen molar-refractivity contribution in [3.05, 3.63) is 59.7 Å². The Morgan fingerprint density at radius 3 is 2.29 bits per heavy atom. The van der Waals surface area contributed by atoms with E-state index >= 15 is 0 Å². The van der Waals surface area contributed by atoms with E-state index in [2.05, 4.69) is 10.6 Å². The zero-order valence-corrected chi connectivity index (χ0v) is 20.5. The van der Waals surface area contributed by atoms with Crippen LogP contribution in [0, 0.1) is 5.92 Å². The molecular formula is C27H33N3O5. The number of carbonyl (C=O) groups excluding carboxylic acids is 3. The highest BCUT2D eigenvalue weighted by Gasteiger charge is 2.55. The average molecular weight is 480 g/mol. The van der Waals surface area contributed by atoms with Gasteiger partial charge in [-0.1, -0.05) is 44.0 Å². The molecule has 2 fully saturated rings. The number of nitrogens with one attached hydrogen (secondary N) is 2. The Kier molecular flexibility index (Phi) is 7.28. The molecule has 1 aliphatic carbocycles. The molecule has 2 N–H and O–H groups in total. The van der Waals surface area contributed by atoms with Gasteiger partial charge in [-0.25, -0.2) is 4.79 Å². The molecule has 0 radical (unpaired) electrons. The summed E-state index contributed by atoms with van der Waals surface area (Å²) in [7, 11) is 3.22. The summed E-state index contributed by atoms with van der Waals surface area (Å²) < 4.78 is 10.5. The maximum Gasteiger partial charge on any atom is 0.325 e. The van der Waals surface area contributed by atoms with Crippen LogP contribution in [0.1, 0.15) is 49.8 Å². The second kappa shape index (κ2) is 10.4. The summed E-state index contributed by atoms with van der Waals surface area (Å²) >= 11 is 0. The van der Waals surface area contributed by atoms with Gasteiger partial charge in [0.1, 0.15) is 23.6 Å². The zero-order chi connectivity index (χ0) is 25.0. The Bertz CT molecular complexity index is 1070. The number of carbonyl (C=O) groups is 3. The molecule has 8 heteroatoms. The molecule has 1 saturated heterocycles. The SMILES string of the molecule is COc1ccc(C[C@H](NC(=O)CN2C(=O)N[C@]3(CCCC[C@@H]3C)C2=O)c2ccc(OC)cc2)cc1. The first-order valence-electron chi connectivity index (χ1n) is 12.1. The van der Waals surface area contributed by atoms with Crippen LogP contribution >= 0.6 is 0 Å². The van der Waals surface area contributed by atoms with Gasteiger partial charge in [0.15, 0.2) is 0 Å². The fourth-order valence-corrected chi connectivity index (χ4v) is 5.11. The molecule has 2 aromatic carbocycles. The van der Waals surface area contributed by atoms with E-state index in [0.717, 1.165) is 46.8 Å². The Balaban J connectivity index is 1.50. The Labute approximate surface area is 206 Å². The predicted octanol–water partition coefficient (Wildman–Crippen LogP) is 3.60. The molecule has 8 nitrogen and oxygen atoms in total. The number of benzene rings is 2. The summed E-state index contributed by atoms with van der Waals surface area (Å²) in [5.41, 5.74) is 1.02. The molecule has 2 aromatic rings. The third-order valence-electron chi connectivity index (χ3n) is 7.26. The first kappa shape index (κ1) is 24.6. The number of hydrogen-bond acceptors (Lipinski definition) is 5. The first-order chi connectivity index (χ1) is 16.9. The van der Waals surface area contributed by atoms with Crippen LogP contribution in [0.3, 0.4) is 0 Å². The molecule has 2 aliphatic rings. The van der Waals surface area contributed by atoms with Crippen molar-refractivity contribution < 1.29 is 23.9 Å². The minimum absolute atomic E-state index is 0.0443. The highest BCUT2D eigenvalue weighted by atomic mass is 16.5. The molecule has 1 aliphatic heterocycles. The van der Waals surface area contributed by atoms with Crippen molar-refractivity contribution >= 4 is 17.8 Å². The van der Waals surface area contributed by atoms with Gasteiger partial charge in [-0.2, -0.15) is 0 Å². The zero-order valence-electron chi connectivity index (χ0n) is 20.5. The van der Waals surface area contributed by atoms with E-state index in [1.54, 1.807) is 14.2 Å². The molecule has 0 aromatic heterocycles. The minimum atomic E-state index is -0.881. The molecule has 4 amide bonds. The molecule has 0 bridgehead atoms. The molecule has 186 valence electrons. The minimum Gasteiger partial charge on any atom is -0.497 e. The molecule has 1 heterocycles. The molecule has 1 spiro atoms. The van der Waals surface area contributed by atoms with Crippen LogP contribution < -0.4 is 20.1 Å². The molecule has 35 heavy (non-hydrogen) atoms. The van der Waals surface area contributed by atoms with E-state index in [9.17, 15) is 14.4 Å². The van der Waals surface area contributed by atoms with Crippen LogP contribution in [0.25, 0.3) is 0 Å². The van der Waals surface area contributed by atoms with Gasteiger partial charge >= 0.3 is 6.03 Å². The van der Waals surface area contributed by atoms with E-state index in [0.29, 0.717) is 12.8 Å². The van der Waals surface area contributed by atoms with Crippen molar-refractivity contribution in [2.24, 2.45) is 5.92 Å². The normalized spacial score (nSPS) is 22.6. The number of nitrogens with zero attached hydrogens (tertiary/aromatic N) is 1. The van der Waals surface area contributed by atoms with Crippen molar-refractivity contribution in [3.8, 4) is 11.5 Å². The summed E-state index contributed by atoms with van der Waals surface area (Å²) in [4.78, 5) is 40.1. The number of hydrogen-bond donors (Lipinski definition) is 2. The molecule has 3 atom stereocenters.